The Bertz CT molecular complexity index is 649. The van der Waals surface area contributed by atoms with Gasteiger partial charge in [-0.1, -0.05) is 6.07 Å². The molecule has 0 saturated carbocycles. The lowest BCUT2D eigenvalue weighted by Crippen LogP contribution is -2.38. The molecular formula is C20H28N2O4. The molecule has 1 unspecified atom stereocenters. The molecule has 1 aromatic carbocycles. The van der Waals surface area contributed by atoms with Gasteiger partial charge in [-0.25, -0.2) is 4.79 Å². The van der Waals surface area contributed by atoms with Crippen LogP contribution in [0.3, 0.4) is 0 Å². The molecule has 2 fully saturated rings. The third kappa shape index (κ3) is 4.43. The zero-order valence-corrected chi connectivity index (χ0v) is 15.7. The van der Waals surface area contributed by atoms with Crippen LogP contribution < -0.4 is 4.74 Å². The lowest BCUT2D eigenvalue weighted by Gasteiger charge is -2.32. The maximum atomic E-state index is 12.5. The summed E-state index contributed by atoms with van der Waals surface area (Å²) >= 11 is 0. The Morgan fingerprint density at radius 1 is 1.08 bits per heavy atom. The van der Waals surface area contributed by atoms with Crippen LogP contribution in [-0.4, -0.2) is 61.1 Å². The van der Waals surface area contributed by atoms with Gasteiger partial charge in [-0.15, -0.1) is 0 Å². The second-order valence-corrected chi connectivity index (χ2v) is 7.05. The summed E-state index contributed by atoms with van der Waals surface area (Å²) in [5.41, 5.74) is 1.49. The highest BCUT2D eigenvalue weighted by Gasteiger charge is 2.23. The van der Waals surface area contributed by atoms with E-state index in [0.29, 0.717) is 11.3 Å². The van der Waals surface area contributed by atoms with Gasteiger partial charge in [-0.05, 0) is 50.8 Å². The smallest absolute Gasteiger partial charge is 0.409 e. The Balaban J connectivity index is 1.79. The van der Waals surface area contributed by atoms with Crippen LogP contribution in [0.25, 0.3) is 0 Å². The summed E-state index contributed by atoms with van der Waals surface area (Å²) in [6.45, 7) is 8.27. The first-order valence-electron chi connectivity index (χ1n) is 9.49. The second kappa shape index (κ2) is 8.64. The largest absolute Gasteiger partial charge is 0.415 e. The average molecular weight is 360 g/mol. The third-order valence-electron chi connectivity index (χ3n) is 5.27. The molecule has 0 bridgehead atoms. The number of likely N-dealkylation sites (tertiary alicyclic amines) is 1. The Kier molecular flexibility index (Phi) is 6.27. The minimum Gasteiger partial charge on any atom is -0.409 e. The van der Waals surface area contributed by atoms with E-state index in [9.17, 15) is 9.59 Å². The van der Waals surface area contributed by atoms with Crippen LogP contribution in [0, 0.1) is 0 Å². The molecule has 3 rings (SSSR count). The van der Waals surface area contributed by atoms with Crippen molar-refractivity contribution in [3.8, 4) is 5.75 Å². The number of Topliss-reactive ketones (excluding diaryl/α,β-unsaturated/α-hetero) is 1. The highest BCUT2D eigenvalue weighted by atomic mass is 16.6. The first kappa shape index (κ1) is 18.9. The van der Waals surface area contributed by atoms with Crippen molar-refractivity contribution < 1.29 is 19.1 Å². The zero-order chi connectivity index (χ0) is 18.5. The minimum atomic E-state index is -0.358. The molecule has 0 spiro atoms. The fourth-order valence-electron chi connectivity index (χ4n) is 3.58. The molecule has 142 valence electrons. The van der Waals surface area contributed by atoms with Gasteiger partial charge < -0.3 is 14.4 Å². The van der Waals surface area contributed by atoms with E-state index < -0.39 is 0 Å². The molecule has 2 saturated heterocycles. The second-order valence-electron chi connectivity index (χ2n) is 7.05. The van der Waals surface area contributed by atoms with Crippen molar-refractivity contribution in [2.75, 3.05) is 39.4 Å². The van der Waals surface area contributed by atoms with Gasteiger partial charge in [0.1, 0.15) is 5.75 Å². The summed E-state index contributed by atoms with van der Waals surface area (Å²) in [7, 11) is 0. The molecule has 0 radical (unpaired) electrons. The predicted molar refractivity (Wildman–Crippen MR) is 98.7 cm³/mol. The van der Waals surface area contributed by atoms with Gasteiger partial charge in [0, 0.05) is 32.2 Å². The Hall–Kier alpha value is -1.92. The number of carbonyl (C=O) groups is 2. The van der Waals surface area contributed by atoms with Crippen molar-refractivity contribution in [1.82, 2.24) is 9.80 Å². The topological polar surface area (TPSA) is 59.1 Å². The standard InChI is InChI=1S/C20H28N2O4/c1-15(21-10-12-25-13-11-21)17-6-7-18(16(2)23)19(14-17)26-20(24)22-8-4-3-5-9-22/h6-7,14-15H,3-5,8-13H2,1-2H3. The molecule has 2 heterocycles. The van der Waals surface area contributed by atoms with Crippen LogP contribution in [0.15, 0.2) is 18.2 Å². The zero-order valence-electron chi connectivity index (χ0n) is 15.7. The number of morpholine rings is 1. The van der Waals surface area contributed by atoms with Crippen LogP contribution in [0.2, 0.25) is 0 Å². The van der Waals surface area contributed by atoms with Crippen molar-refractivity contribution in [2.24, 2.45) is 0 Å². The molecule has 2 aliphatic heterocycles. The Morgan fingerprint density at radius 3 is 2.42 bits per heavy atom. The number of rotatable bonds is 4. The SMILES string of the molecule is CC(=O)c1ccc(C(C)N2CCOCC2)cc1OC(=O)N1CCCCC1. The summed E-state index contributed by atoms with van der Waals surface area (Å²) in [6.07, 6.45) is 2.80. The lowest BCUT2D eigenvalue weighted by molar-refractivity contribution is 0.0198. The van der Waals surface area contributed by atoms with E-state index in [1.165, 1.54) is 6.92 Å². The van der Waals surface area contributed by atoms with Gasteiger partial charge in [0.15, 0.2) is 5.78 Å². The van der Waals surface area contributed by atoms with Gasteiger partial charge in [0.25, 0.3) is 0 Å². The number of amides is 1. The van der Waals surface area contributed by atoms with Gasteiger partial charge in [-0.3, -0.25) is 9.69 Å². The van der Waals surface area contributed by atoms with Gasteiger partial charge >= 0.3 is 6.09 Å². The highest BCUT2D eigenvalue weighted by molar-refractivity contribution is 5.97. The lowest BCUT2D eigenvalue weighted by atomic mass is 10.0. The first-order chi connectivity index (χ1) is 12.6. The van der Waals surface area contributed by atoms with E-state index in [-0.39, 0.29) is 17.9 Å². The summed E-state index contributed by atoms with van der Waals surface area (Å²) in [5, 5.41) is 0. The van der Waals surface area contributed by atoms with E-state index in [1.807, 2.05) is 12.1 Å². The third-order valence-corrected chi connectivity index (χ3v) is 5.27. The Morgan fingerprint density at radius 2 is 1.77 bits per heavy atom. The molecule has 6 heteroatoms. The number of ketones is 1. The monoisotopic (exact) mass is 360 g/mol. The Labute approximate surface area is 155 Å². The number of nitrogens with zero attached hydrogens (tertiary/aromatic N) is 2. The summed E-state index contributed by atoms with van der Waals surface area (Å²) in [4.78, 5) is 28.5. The highest BCUT2D eigenvalue weighted by Crippen LogP contribution is 2.29. The predicted octanol–water partition coefficient (Wildman–Crippen LogP) is 3.27. The molecule has 2 aliphatic rings. The van der Waals surface area contributed by atoms with Crippen LogP contribution in [-0.2, 0) is 4.74 Å². The molecule has 1 atom stereocenters. The van der Waals surface area contributed by atoms with Crippen LogP contribution in [0.4, 0.5) is 4.79 Å². The van der Waals surface area contributed by atoms with E-state index in [2.05, 4.69) is 11.8 Å². The van der Waals surface area contributed by atoms with Crippen molar-refractivity contribution in [3.05, 3.63) is 29.3 Å². The fraction of sp³-hybridized carbons (Fsp3) is 0.600. The molecular weight excluding hydrogens is 332 g/mol. The first-order valence-corrected chi connectivity index (χ1v) is 9.49. The number of piperidine rings is 1. The normalized spacial score (nSPS) is 19.8. The quantitative estimate of drug-likeness (QED) is 0.772. The summed E-state index contributed by atoms with van der Waals surface area (Å²) < 4.78 is 11.1. The fourth-order valence-corrected chi connectivity index (χ4v) is 3.58. The van der Waals surface area contributed by atoms with E-state index in [0.717, 1.165) is 64.2 Å². The summed E-state index contributed by atoms with van der Waals surface area (Å²) in [6, 6.07) is 5.74. The van der Waals surface area contributed by atoms with Crippen LogP contribution >= 0.6 is 0 Å². The van der Waals surface area contributed by atoms with Gasteiger partial charge in [0.05, 0.1) is 18.8 Å². The average Bonchev–Trinajstić information content (AvgIpc) is 2.68. The maximum absolute atomic E-state index is 12.5. The number of hydrogen-bond acceptors (Lipinski definition) is 5. The molecule has 1 amide bonds. The van der Waals surface area contributed by atoms with E-state index in [1.54, 1.807) is 11.0 Å². The van der Waals surface area contributed by atoms with Crippen LogP contribution in [0.5, 0.6) is 5.75 Å². The molecule has 1 aromatic rings. The minimum absolute atomic E-state index is 0.1000. The van der Waals surface area contributed by atoms with E-state index in [4.69, 9.17) is 9.47 Å². The van der Waals surface area contributed by atoms with Crippen molar-refractivity contribution in [2.45, 2.75) is 39.2 Å². The number of carbonyl (C=O) groups excluding carboxylic acids is 2. The van der Waals surface area contributed by atoms with Crippen LogP contribution in [0.1, 0.15) is 55.1 Å². The molecule has 0 aliphatic carbocycles. The molecule has 0 aromatic heterocycles. The molecule has 0 N–H and O–H groups in total. The number of hydrogen-bond donors (Lipinski definition) is 0. The molecule has 6 nitrogen and oxygen atoms in total. The van der Waals surface area contributed by atoms with Crippen molar-refractivity contribution in [1.29, 1.82) is 0 Å². The van der Waals surface area contributed by atoms with Crippen molar-refractivity contribution >= 4 is 11.9 Å². The van der Waals surface area contributed by atoms with Gasteiger partial charge in [-0.2, -0.15) is 0 Å². The van der Waals surface area contributed by atoms with Crippen molar-refractivity contribution in [3.63, 3.8) is 0 Å². The number of ether oxygens (including phenoxy) is 2. The van der Waals surface area contributed by atoms with E-state index >= 15 is 0 Å². The molecule has 26 heavy (non-hydrogen) atoms. The maximum Gasteiger partial charge on any atom is 0.415 e. The van der Waals surface area contributed by atoms with Gasteiger partial charge in [0.2, 0.25) is 0 Å². The number of benzene rings is 1. The summed E-state index contributed by atoms with van der Waals surface area (Å²) in [5.74, 6) is 0.266.